The SMILES string of the molecule is CCCCC/C=C\C/C=C\CCCCCCCCC(CCCCCCCC/C=C\C/C=C\CCCCC)CCNCCCN(C)C. The van der Waals surface area contributed by atoms with Crippen LogP contribution in [0.3, 0.4) is 0 Å². The van der Waals surface area contributed by atoms with Crippen molar-refractivity contribution in [2.45, 2.75) is 194 Å². The lowest BCUT2D eigenvalue weighted by Gasteiger charge is -2.18. The van der Waals surface area contributed by atoms with E-state index in [2.05, 4.69) is 86.8 Å². The Labute approximate surface area is 291 Å². The van der Waals surface area contributed by atoms with Crippen molar-refractivity contribution in [3.8, 4) is 0 Å². The highest BCUT2D eigenvalue weighted by Gasteiger charge is 2.08. The molecule has 270 valence electrons. The summed E-state index contributed by atoms with van der Waals surface area (Å²) in [5, 5.41) is 3.74. The van der Waals surface area contributed by atoms with Gasteiger partial charge in [-0.2, -0.15) is 0 Å². The number of hydrogen-bond donors (Lipinski definition) is 1. The van der Waals surface area contributed by atoms with Gasteiger partial charge in [0.1, 0.15) is 0 Å². The Morgan fingerprint density at radius 2 is 0.804 bits per heavy atom. The average molecular weight is 641 g/mol. The first-order chi connectivity index (χ1) is 22.7. The van der Waals surface area contributed by atoms with E-state index in [4.69, 9.17) is 0 Å². The quantitative estimate of drug-likeness (QED) is 0.0537. The largest absolute Gasteiger partial charge is 0.317 e. The van der Waals surface area contributed by atoms with Crippen LogP contribution in [0, 0.1) is 5.92 Å². The highest BCUT2D eigenvalue weighted by Crippen LogP contribution is 2.22. The monoisotopic (exact) mass is 641 g/mol. The van der Waals surface area contributed by atoms with Gasteiger partial charge in [-0.3, -0.25) is 0 Å². The second-order valence-corrected chi connectivity index (χ2v) is 14.3. The molecule has 2 nitrogen and oxygen atoms in total. The number of hydrogen-bond acceptors (Lipinski definition) is 2. The van der Waals surface area contributed by atoms with Crippen LogP contribution in [0.1, 0.15) is 194 Å². The summed E-state index contributed by atoms with van der Waals surface area (Å²) < 4.78 is 0. The first kappa shape index (κ1) is 44.9. The number of rotatable bonds is 37. The molecule has 1 N–H and O–H groups in total. The van der Waals surface area contributed by atoms with Crippen LogP contribution in [0.25, 0.3) is 0 Å². The second-order valence-electron chi connectivity index (χ2n) is 14.3. The number of unbranched alkanes of at least 4 members (excludes halogenated alkanes) is 18. The van der Waals surface area contributed by atoms with Gasteiger partial charge in [-0.05, 0) is 117 Å². The minimum Gasteiger partial charge on any atom is -0.317 e. The summed E-state index contributed by atoms with van der Waals surface area (Å²) in [5.74, 6) is 0.929. The first-order valence-electron chi connectivity index (χ1n) is 20.7. The Morgan fingerprint density at radius 1 is 0.413 bits per heavy atom. The standard InChI is InChI=1S/C44H84N2/c1-5-7-9-11-13-15-17-19-21-23-25-27-29-31-33-35-38-44(40-42-45-41-37-43-46(3)4)39-36-34-32-30-28-26-24-22-20-18-16-14-12-10-8-6-2/h13-16,19-22,44-45H,5-12,17-18,23-43H2,1-4H3/b15-13-,16-14-,21-19-,22-20-. The highest BCUT2D eigenvalue weighted by molar-refractivity contribution is 4.93. The van der Waals surface area contributed by atoms with Crippen molar-refractivity contribution in [3.63, 3.8) is 0 Å². The van der Waals surface area contributed by atoms with Gasteiger partial charge in [0.25, 0.3) is 0 Å². The van der Waals surface area contributed by atoms with E-state index >= 15 is 0 Å². The summed E-state index contributed by atoms with van der Waals surface area (Å²) in [6.07, 6.45) is 56.9. The van der Waals surface area contributed by atoms with Crippen LogP contribution in [0.2, 0.25) is 0 Å². The molecule has 46 heavy (non-hydrogen) atoms. The summed E-state index contributed by atoms with van der Waals surface area (Å²) in [4.78, 5) is 2.29. The Morgan fingerprint density at radius 3 is 1.22 bits per heavy atom. The minimum absolute atomic E-state index is 0.929. The molecule has 0 spiro atoms. The van der Waals surface area contributed by atoms with Crippen molar-refractivity contribution in [1.82, 2.24) is 10.2 Å². The van der Waals surface area contributed by atoms with E-state index in [1.807, 2.05) is 0 Å². The van der Waals surface area contributed by atoms with E-state index in [1.54, 1.807) is 0 Å². The van der Waals surface area contributed by atoms with Gasteiger partial charge >= 0.3 is 0 Å². The van der Waals surface area contributed by atoms with Crippen LogP contribution < -0.4 is 5.32 Å². The van der Waals surface area contributed by atoms with E-state index in [1.165, 1.54) is 187 Å². The third-order valence-electron chi connectivity index (χ3n) is 9.31. The van der Waals surface area contributed by atoms with Gasteiger partial charge in [0, 0.05) is 0 Å². The molecule has 0 saturated heterocycles. The summed E-state index contributed by atoms with van der Waals surface area (Å²) in [6.45, 7) is 8.12. The van der Waals surface area contributed by atoms with Crippen LogP contribution in [-0.2, 0) is 0 Å². The average Bonchev–Trinajstić information content (AvgIpc) is 3.05. The highest BCUT2D eigenvalue weighted by atomic mass is 15.0. The Hall–Kier alpha value is -1.12. The van der Waals surface area contributed by atoms with Crippen LogP contribution >= 0.6 is 0 Å². The first-order valence-corrected chi connectivity index (χ1v) is 20.7. The molecule has 0 bridgehead atoms. The summed E-state index contributed by atoms with van der Waals surface area (Å²) in [7, 11) is 4.35. The Kier molecular flexibility index (Phi) is 39.1. The molecule has 0 radical (unpaired) electrons. The maximum absolute atomic E-state index is 3.74. The van der Waals surface area contributed by atoms with Gasteiger partial charge in [-0.1, -0.05) is 165 Å². The van der Waals surface area contributed by atoms with E-state index in [-0.39, 0.29) is 0 Å². The van der Waals surface area contributed by atoms with Gasteiger partial charge < -0.3 is 10.2 Å². The topological polar surface area (TPSA) is 15.3 Å². The van der Waals surface area contributed by atoms with Crippen LogP contribution in [-0.4, -0.2) is 38.6 Å². The molecule has 0 heterocycles. The molecule has 0 unspecified atom stereocenters. The van der Waals surface area contributed by atoms with Crippen molar-refractivity contribution in [2.75, 3.05) is 33.7 Å². The van der Waals surface area contributed by atoms with Crippen molar-refractivity contribution >= 4 is 0 Å². The summed E-state index contributed by atoms with van der Waals surface area (Å²) in [5.41, 5.74) is 0. The predicted octanol–water partition coefficient (Wildman–Crippen LogP) is 13.9. The Bertz CT molecular complexity index is 625. The van der Waals surface area contributed by atoms with Gasteiger partial charge in [-0.25, -0.2) is 0 Å². The molecule has 0 rings (SSSR count). The smallest absolute Gasteiger partial charge is 0.00127 e. The second kappa shape index (κ2) is 40.1. The fourth-order valence-electron chi connectivity index (χ4n) is 6.23. The van der Waals surface area contributed by atoms with E-state index in [0.717, 1.165) is 18.8 Å². The zero-order valence-electron chi connectivity index (χ0n) is 32.1. The normalized spacial score (nSPS) is 12.6. The Balaban J connectivity index is 3.93. The molecular formula is C44H84N2. The lowest BCUT2D eigenvalue weighted by Crippen LogP contribution is -2.23. The molecule has 0 aromatic heterocycles. The van der Waals surface area contributed by atoms with Gasteiger partial charge in [0.2, 0.25) is 0 Å². The van der Waals surface area contributed by atoms with Gasteiger partial charge in [0.05, 0.1) is 0 Å². The summed E-state index contributed by atoms with van der Waals surface area (Å²) in [6, 6.07) is 0. The van der Waals surface area contributed by atoms with E-state index < -0.39 is 0 Å². The zero-order chi connectivity index (χ0) is 33.4. The number of nitrogens with one attached hydrogen (secondary N) is 1. The molecule has 0 saturated carbocycles. The van der Waals surface area contributed by atoms with Crippen molar-refractivity contribution in [1.29, 1.82) is 0 Å². The number of allylic oxidation sites excluding steroid dienone is 8. The van der Waals surface area contributed by atoms with Crippen LogP contribution in [0.5, 0.6) is 0 Å². The van der Waals surface area contributed by atoms with Gasteiger partial charge in [-0.15, -0.1) is 0 Å². The van der Waals surface area contributed by atoms with Crippen LogP contribution in [0.4, 0.5) is 0 Å². The predicted molar refractivity (Wildman–Crippen MR) is 212 cm³/mol. The zero-order valence-corrected chi connectivity index (χ0v) is 32.1. The lowest BCUT2D eigenvalue weighted by atomic mass is 9.91. The van der Waals surface area contributed by atoms with Gasteiger partial charge in [0.15, 0.2) is 0 Å². The van der Waals surface area contributed by atoms with Crippen LogP contribution in [0.15, 0.2) is 48.6 Å². The third-order valence-corrected chi connectivity index (χ3v) is 9.31. The lowest BCUT2D eigenvalue weighted by molar-refractivity contribution is 0.364. The maximum atomic E-state index is 3.74. The molecule has 0 aliphatic rings. The molecule has 0 aliphatic heterocycles. The number of nitrogens with zero attached hydrogens (tertiary/aromatic N) is 1. The molecule has 0 aliphatic carbocycles. The molecule has 0 atom stereocenters. The van der Waals surface area contributed by atoms with E-state index in [0.29, 0.717) is 0 Å². The molecule has 0 aromatic rings. The molecule has 2 heteroatoms. The maximum Gasteiger partial charge on any atom is -0.00127 e. The third kappa shape index (κ3) is 39.1. The van der Waals surface area contributed by atoms with Crippen molar-refractivity contribution in [2.24, 2.45) is 5.92 Å². The fourth-order valence-corrected chi connectivity index (χ4v) is 6.23. The minimum atomic E-state index is 0.929. The van der Waals surface area contributed by atoms with Crippen molar-refractivity contribution < 1.29 is 0 Å². The molecular weight excluding hydrogens is 556 g/mol. The van der Waals surface area contributed by atoms with Crippen molar-refractivity contribution in [3.05, 3.63) is 48.6 Å². The van der Waals surface area contributed by atoms with E-state index in [9.17, 15) is 0 Å². The summed E-state index contributed by atoms with van der Waals surface area (Å²) >= 11 is 0. The molecule has 0 fully saturated rings. The fraction of sp³-hybridized carbons (Fsp3) is 0.818. The molecule has 0 aromatic carbocycles. The molecule has 0 amide bonds.